The van der Waals surface area contributed by atoms with Gasteiger partial charge >= 0.3 is 5.69 Å². The molecule has 0 spiro atoms. The number of halogens is 2. The van der Waals surface area contributed by atoms with Gasteiger partial charge < -0.3 is 0 Å². The first-order valence-electron chi connectivity index (χ1n) is 6.76. The second kappa shape index (κ2) is 6.87. The van der Waals surface area contributed by atoms with E-state index in [1.807, 2.05) is 0 Å². The molecule has 10 nitrogen and oxygen atoms in total. The van der Waals surface area contributed by atoms with Gasteiger partial charge in [0.1, 0.15) is 12.5 Å². The number of rotatable bonds is 5. The van der Waals surface area contributed by atoms with Gasteiger partial charge in [0.25, 0.3) is 5.91 Å². The van der Waals surface area contributed by atoms with Crippen molar-refractivity contribution in [2.24, 2.45) is 0 Å². The quantitative estimate of drug-likeness (QED) is 0.515. The van der Waals surface area contributed by atoms with Gasteiger partial charge in [-0.05, 0) is 17.7 Å². The van der Waals surface area contributed by atoms with E-state index in [0.717, 1.165) is 11.8 Å². The lowest BCUT2D eigenvalue weighted by Crippen LogP contribution is -2.15. The number of benzene rings is 1. The summed E-state index contributed by atoms with van der Waals surface area (Å²) in [5.41, 5.74) is 0.111. The Labute approximate surface area is 149 Å². The predicted octanol–water partition coefficient (Wildman–Crippen LogP) is 2.52. The first-order chi connectivity index (χ1) is 11.9. The number of nitrogens with zero attached hydrogens (tertiary/aromatic N) is 5. The van der Waals surface area contributed by atoms with Crippen LogP contribution in [0.1, 0.15) is 16.1 Å². The van der Waals surface area contributed by atoms with Crippen molar-refractivity contribution in [3.63, 3.8) is 0 Å². The fourth-order valence-corrected chi connectivity index (χ4v) is 2.32. The van der Waals surface area contributed by atoms with Crippen LogP contribution in [0.3, 0.4) is 0 Å². The Bertz CT molecular complexity index is 953. The second-order valence-corrected chi connectivity index (χ2v) is 5.67. The van der Waals surface area contributed by atoms with Gasteiger partial charge in [-0.15, -0.1) is 5.10 Å². The smallest absolute Gasteiger partial charge is 0.288 e. The normalized spacial score (nSPS) is 10.6. The van der Waals surface area contributed by atoms with E-state index in [0.29, 0.717) is 16.6 Å². The van der Waals surface area contributed by atoms with Crippen molar-refractivity contribution in [3.05, 3.63) is 62.1 Å². The van der Waals surface area contributed by atoms with Crippen LogP contribution in [0.25, 0.3) is 0 Å². The number of carbonyl (C=O) groups excluding carboxylic acids is 1. The largest absolute Gasteiger partial charge is 0.319 e. The molecule has 0 aliphatic carbocycles. The molecule has 0 bridgehead atoms. The lowest BCUT2D eigenvalue weighted by atomic mass is 10.2. The molecule has 3 aromatic rings. The summed E-state index contributed by atoms with van der Waals surface area (Å²) in [7, 11) is 0. The third-order valence-electron chi connectivity index (χ3n) is 3.13. The van der Waals surface area contributed by atoms with Crippen molar-refractivity contribution in [1.82, 2.24) is 25.0 Å². The first kappa shape index (κ1) is 16.9. The zero-order chi connectivity index (χ0) is 18.0. The number of aromatic nitrogens is 5. The molecule has 0 radical (unpaired) electrons. The zero-order valence-corrected chi connectivity index (χ0v) is 13.8. The highest BCUT2D eigenvalue weighted by atomic mass is 35.5. The number of amides is 1. The van der Waals surface area contributed by atoms with Crippen molar-refractivity contribution in [2.45, 2.75) is 6.54 Å². The van der Waals surface area contributed by atoms with Crippen LogP contribution in [0.4, 0.5) is 11.6 Å². The van der Waals surface area contributed by atoms with E-state index in [1.165, 1.54) is 11.0 Å². The topological polar surface area (TPSA) is 132 Å². The van der Waals surface area contributed by atoms with E-state index in [2.05, 4.69) is 25.6 Å². The van der Waals surface area contributed by atoms with E-state index in [-0.39, 0.29) is 11.6 Å². The van der Waals surface area contributed by atoms with Crippen LogP contribution in [0, 0.1) is 10.1 Å². The van der Waals surface area contributed by atoms with Gasteiger partial charge in [0, 0.05) is 0 Å². The molecule has 0 atom stereocenters. The number of carbonyl (C=O) groups is 1. The average molecular weight is 382 g/mol. The van der Waals surface area contributed by atoms with Crippen LogP contribution in [0.15, 0.2) is 30.7 Å². The lowest BCUT2D eigenvalue weighted by molar-refractivity contribution is -0.385. The van der Waals surface area contributed by atoms with Gasteiger partial charge in [0.2, 0.25) is 11.6 Å². The molecule has 1 aromatic carbocycles. The van der Waals surface area contributed by atoms with Crippen LogP contribution in [-0.4, -0.2) is 35.8 Å². The minimum atomic E-state index is -0.767. The second-order valence-electron chi connectivity index (χ2n) is 4.86. The molecule has 25 heavy (non-hydrogen) atoms. The molecule has 1 amide bonds. The minimum absolute atomic E-state index is 0.00559. The van der Waals surface area contributed by atoms with Crippen LogP contribution >= 0.6 is 23.2 Å². The summed E-state index contributed by atoms with van der Waals surface area (Å²) < 4.78 is 1.47. The summed E-state index contributed by atoms with van der Waals surface area (Å²) in [6, 6.07) is 5.14. The maximum Gasteiger partial charge on any atom is 0.319 e. The molecule has 2 heterocycles. The van der Waals surface area contributed by atoms with E-state index in [9.17, 15) is 14.9 Å². The Morgan fingerprint density at radius 2 is 2.16 bits per heavy atom. The van der Waals surface area contributed by atoms with Crippen LogP contribution in [-0.2, 0) is 6.54 Å². The molecule has 12 heteroatoms. The molecule has 0 saturated heterocycles. The molecule has 0 saturated carbocycles. The summed E-state index contributed by atoms with van der Waals surface area (Å²) in [4.78, 5) is 26.1. The first-order valence-corrected chi connectivity index (χ1v) is 7.52. The van der Waals surface area contributed by atoms with E-state index in [4.69, 9.17) is 23.2 Å². The summed E-state index contributed by atoms with van der Waals surface area (Å²) in [5.74, 6) is -0.773. The molecule has 2 N–H and O–H groups in total. The van der Waals surface area contributed by atoms with Crippen molar-refractivity contribution in [3.8, 4) is 0 Å². The molecule has 3 rings (SSSR count). The number of aromatic amines is 1. The monoisotopic (exact) mass is 381 g/mol. The van der Waals surface area contributed by atoms with Gasteiger partial charge in [-0.25, -0.2) is 9.67 Å². The molecule has 0 unspecified atom stereocenters. The molecular formula is C13H9Cl2N7O3. The molecule has 128 valence electrons. The van der Waals surface area contributed by atoms with Crippen LogP contribution < -0.4 is 5.32 Å². The predicted molar refractivity (Wildman–Crippen MR) is 88.8 cm³/mol. The minimum Gasteiger partial charge on any atom is -0.288 e. The Morgan fingerprint density at radius 1 is 1.36 bits per heavy atom. The maximum absolute atomic E-state index is 12.0. The Morgan fingerprint density at radius 3 is 2.88 bits per heavy atom. The molecule has 2 aromatic heterocycles. The maximum atomic E-state index is 12.0. The number of nitro groups is 1. The highest BCUT2D eigenvalue weighted by Crippen LogP contribution is 2.23. The summed E-state index contributed by atoms with van der Waals surface area (Å²) in [6.07, 6.45) is 2.35. The number of H-pyrrole nitrogens is 1. The molecule has 0 aliphatic heterocycles. The Balaban J connectivity index is 1.71. The summed E-state index contributed by atoms with van der Waals surface area (Å²) in [5, 5.41) is 23.9. The van der Waals surface area contributed by atoms with E-state index >= 15 is 0 Å². The SMILES string of the molecule is O=C(Nc1ncn(Cc2ccc(Cl)c(Cl)c2)n1)c1[nH]ncc1[N+](=O)[O-]. The highest BCUT2D eigenvalue weighted by molar-refractivity contribution is 6.42. The van der Waals surface area contributed by atoms with Crippen LogP contribution in [0.5, 0.6) is 0 Å². The Hall–Kier alpha value is -2.98. The number of hydrogen-bond donors (Lipinski definition) is 2. The van der Waals surface area contributed by atoms with Gasteiger partial charge in [0.05, 0.1) is 21.5 Å². The summed E-state index contributed by atoms with van der Waals surface area (Å²) in [6.45, 7) is 0.351. The molecule has 0 fully saturated rings. The molecular weight excluding hydrogens is 373 g/mol. The third kappa shape index (κ3) is 3.75. The standard InChI is InChI=1S/C13H9Cl2N7O3/c14-8-2-1-7(3-9(8)15)5-21-6-16-13(20-21)18-12(23)11-10(22(24)25)4-17-19-11/h1-4,6H,5H2,(H,17,19)(H,18,20,23). The fourth-order valence-electron chi connectivity index (χ4n) is 2.00. The summed E-state index contributed by atoms with van der Waals surface area (Å²) >= 11 is 11.8. The van der Waals surface area contributed by atoms with E-state index < -0.39 is 16.5 Å². The van der Waals surface area contributed by atoms with Crippen molar-refractivity contribution in [1.29, 1.82) is 0 Å². The van der Waals surface area contributed by atoms with Crippen LogP contribution in [0.2, 0.25) is 10.0 Å². The zero-order valence-electron chi connectivity index (χ0n) is 12.3. The third-order valence-corrected chi connectivity index (χ3v) is 3.87. The van der Waals surface area contributed by atoms with Crippen molar-refractivity contribution < 1.29 is 9.72 Å². The van der Waals surface area contributed by atoms with Crippen molar-refractivity contribution >= 4 is 40.7 Å². The Kier molecular flexibility index (Phi) is 4.63. The van der Waals surface area contributed by atoms with Gasteiger partial charge in [-0.2, -0.15) is 5.10 Å². The van der Waals surface area contributed by atoms with Gasteiger partial charge in [-0.1, -0.05) is 29.3 Å². The van der Waals surface area contributed by atoms with E-state index in [1.54, 1.807) is 18.2 Å². The number of nitrogens with one attached hydrogen (secondary N) is 2. The molecule has 0 aliphatic rings. The number of anilines is 1. The van der Waals surface area contributed by atoms with Crippen molar-refractivity contribution in [2.75, 3.05) is 5.32 Å². The van der Waals surface area contributed by atoms with Gasteiger partial charge in [0.15, 0.2) is 0 Å². The lowest BCUT2D eigenvalue weighted by Gasteiger charge is -2.03. The number of hydrogen-bond acceptors (Lipinski definition) is 6. The van der Waals surface area contributed by atoms with Gasteiger partial charge in [-0.3, -0.25) is 25.3 Å². The average Bonchev–Trinajstić information content (AvgIpc) is 3.20. The highest BCUT2D eigenvalue weighted by Gasteiger charge is 2.23. The fraction of sp³-hybridized carbons (Fsp3) is 0.0769.